The van der Waals surface area contributed by atoms with Crippen LogP contribution in [0.4, 0.5) is 0 Å². The molecule has 1 aromatic rings. The largest absolute Gasteiger partial charge is 0.0773 e. The lowest BCUT2D eigenvalue weighted by atomic mass is 9.94. The minimum atomic E-state index is 0.354. The molecule has 14 heavy (non-hydrogen) atoms. The number of rotatable bonds is 0. The molecular weight excluding hydrogens is 184 g/mol. The molecule has 1 aromatic carbocycles. The van der Waals surface area contributed by atoms with E-state index in [-0.39, 0.29) is 0 Å². The molecule has 0 saturated heterocycles. The zero-order valence-corrected chi connectivity index (χ0v) is 9.35. The summed E-state index contributed by atoms with van der Waals surface area (Å²) in [5, 5.41) is 3.10. The molecule has 2 aliphatic rings. The summed E-state index contributed by atoms with van der Waals surface area (Å²) < 4.78 is 0. The van der Waals surface area contributed by atoms with Crippen molar-refractivity contribution in [3.63, 3.8) is 0 Å². The molecule has 68 valence electrons. The maximum absolute atomic E-state index is 2.30. The summed E-state index contributed by atoms with van der Waals surface area (Å²) in [5.74, 6) is 0.603. The summed E-state index contributed by atoms with van der Waals surface area (Å²) in [6, 6.07) is 8.86. The van der Waals surface area contributed by atoms with Gasteiger partial charge in [0.25, 0.3) is 0 Å². The van der Waals surface area contributed by atoms with Gasteiger partial charge in [-0.2, -0.15) is 0 Å². The van der Waals surface area contributed by atoms with Crippen molar-refractivity contribution in [2.75, 3.05) is 0 Å². The molecule has 1 atom stereocenters. The summed E-state index contributed by atoms with van der Waals surface area (Å²) in [7, 11) is 0.354. The van der Waals surface area contributed by atoms with Gasteiger partial charge in [-0.1, -0.05) is 49.4 Å². The molecule has 0 spiro atoms. The van der Waals surface area contributed by atoms with E-state index in [2.05, 4.69) is 49.4 Å². The Bertz CT molecular complexity index is 561. The quantitative estimate of drug-likeness (QED) is 0.553. The predicted molar refractivity (Wildman–Crippen MR) is 61.8 cm³/mol. The van der Waals surface area contributed by atoms with Gasteiger partial charge in [0.1, 0.15) is 0 Å². The highest BCUT2D eigenvalue weighted by Crippen LogP contribution is 2.26. The molecule has 0 N–H and O–H groups in total. The molecule has 0 nitrogen and oxygen atoms in total. The van der Waals surface area contributed by atoms with Gasteiger partial charge in [0.15, 0.2) is 0 Å². The first-order valence-corrected chi connectivity index (χ1v) is 6.21. The molecule has 1 aliphatic carbocycles. The fraction of sp³-hybridized carbons (Fsp3) is 0.154. The number of hydrogen-bond acceptors (Lipinski definition) is 0. The summed E-state index contributed by atoms with van der Waals surface area (Å²) in [4.78, 5) is 1.57. The van der Waals surface area contributed by atoms with Crippen LogP contribution >= 0.6 is 0 Å². The lowest BCUT2D eigenvalue weighted by molar-refractivity contribution is 0.955. The summed E-state index contributed by atoms with van der Waals surface area (Å²) in [6.45, 7) is 2.29. The second-order valence-corrected chi connectivity index (χ2v) is 5.47. The molecule has 3 rings (SSSR count). The van der Waals surface area contributed by atoms with E-state index < -0.39 is 0 Å². The van der Waals surface area contributed by atoms with Crippen LogP contribution < -0.4 is 5.22 Å². The van der Waals surface area contributed by atoms with Crippen molar-refractivity contribution >= 4 is 14.7 Å². The number of allylic oxidation sites excluding steroid dienone is 4. The third kappa shape index (κ3) is 1.02. The monoisotopic (exact) mass is 196 g/mol. The van der Waals surface area contributed by atoms with Gasteiger partial charge in [0.2, 0.25) is 0 Å². The van der Waals surface area contributed by atoms with Crippen LogP contribution in [0, 0.1) is 10.7 Å². The first-order valence-electron chi connectivity index (χ1n) is 5.06. The van der Waals surface area contributed by atoms with Crippen molar-refractivity contribution in [1.82, 2.24) is 0 Å². The van der Waals surface area contributed by atoms with Crippen LogP contribution in [0.5, 0.6) is 0 Å². The highest BCUT2D eigenvalue weighted by Gasteiger charge is 2.16. The molecule has 1 heteroatoms. The molecule has 1 unspecified atom stereocenters. The Balaban J connectivity index is 2.45. The highest BCUT2D eigenvalue weighted by atomic mass is 28.2. The fourth-order valence-corrected chi connectivity index (χ4v) is 4.07. The van der Waals surface area contributed by atoms with E-state index in [1.807, 2.05) is 0 Å². The van der Waals surface area contributed by atoms with Gasteiger partial charge >= 0.3 is 0 Å². The molecule has 0 radical (unpaired) electrons. The third-order valence-electron chi connectivity index (χ3n) is 3.00. The second-order valence-electron chi connectivity index (χ2n) is 3.94. The van der Waals surface area contributed by atoms with Crippen LogP contribution in [0.3, 0.4) is 0 Å². The molecular formula is C13H12Si. The maximum Gasteiger partial charge on any atom is 0.0397 e. The fourth-order valence-electron chi connectivity index (χ4n) is 2.34. The van der Waals surface area contributed by atoms with Gasteiger partial charge in [-0.05, 0) is 20.8 Å². The lowest BCUT2D eigenvalue weighted by Crippen LogP contribution is -2.10. The molecule has 0 saturated carbocycles. The standard InChI is InChI=1S/C13H12Si/c1-9-5-4-8-12-13(9)10-6-2-3-7-11(10)14-12/h2-9,14H,1H3. The molecule has 0 amide bonds. The molecule has 0 aromatic heterocycles. The van der Waals surface area contributed by atoms with E-state index in [1.54, 1.807) is 15.6 Å². The predicted octanol–water partition coefficient (Wildman–Crippen LogP) is 1.63. The summed E-state index contributed by atoms with van der Waals surface area (Å²) in [6.07, 6.45) is 6.80. The van der Waals surface area contributed by atoms with Crippen LogP contribution in [0.1, 0.15) is 6.92 Å². The molecule has 1 aliphatic heterocycles. The van der Waals surface area contributed by atoms with E-state index in [9.17, 15) is 0 Å². The van der Waals surface area contributed by atoms with Crippen LogP contribution in [0.15, 0.2) is 47.7 Å². The van der Waals surface area contributed by atoms with Crippen LogP contribution in [-0.4, -0.2) is 9.13 Å². The van der Waals surface area contributed by atoms with Gasteiger partial charge in [-0.3, -0.25) is 0 Å². The van der Waals surface area contributed by atoms with Crippen molar-refractivity contribution in [2.24, 2.45) is 5.92 Å². The normalized spacial score (nSPS) is 22.5. The second kappa shape index (κ2) is 2.89. The Kier molecular flexibility index (Phi) is 1.68. The van der Waals surface area contributed by atoms with E-state index in [0.717, 1.165) is 0 Å². The topological polar surface area (TPSA) is 0 Å². The highest BCUT2D eigenvalue weighted by molar-refractivity contribution is 6.44. The molecule has 0 fully saturated rings. The number of fused-ring (bicyclic) bond motifs is 2. The Labute approximate surface area is 85.7 Å². The molecule has 1 heterocycles. The van der Waals surface area contributed by atoms with Crippen molar-refractivity contribution in [3.8, 4) is 0 Å². The van der Waals surface area contributed by atoms with Gasteiger partial charge in [-0.15, -0.1) is 0 Å². The first-order chi connectivity index (χ1) is 6.86. The molecule has 0 bridgehead atoms. The number of benzene rings is 1. The Morgan fingerprint density at radius 1 is 1.21 bits per heavy atom. The van der Waals surface area contributed by atoms with Crippen molar-refractivity contribution in [1.29, 1.82) is 0 Å². The lowest BCUT2D eigenvalue weighted by Gasteiger charge is -2.14. The van der Waals surface area contributed by atoms with E-state index >= 15 is 0 Å². The SMILES string of the molecule is CC1C=CC=C2[SiH]=c3ccccc3=C21. The summed E-state index contributed by atoms with van der Waals surface area (Å²) in [5.41, 5.74) is 1.58. The average molecular weight is 196 g/mol. The summed E-state index contributed by atoms with van der Waals surface area (Å²) >= 11 is 0. The van der Waals surface area contributed by atoms with Crippen LogP contribution in [-0.2, 0) is 0 Å². The number of hydrogen-bond donors (Lipinski definition) is 0. The Hall–Kier alpha value is -1.21. The maximum atomic E-state index is 2.30. The zero-order valence-electron chi connectivity index (χ0n) is 8.20. The van der Waals surface area contributed by atoms with Crippen molar-refractivity contribution < 1.29 is 0 Å². The minimum Gasteiger partial charge on any atom is -0.0773 e. The van der Waals surface area contributed by atoms with Gasteiger partial charge in [0, 0.05) is 15.0 Å². The van der Waals surface area contributed by atoms with E-state index in [4.69, 9.17) is 0 Å². The zero-order chi connectivity index (χ0) is 9.54. The Morgan fingerprint density at radius 2 is 2.07 bits per heavy atom. The van der Waals surface area contributed by atoms with Crippen LogP contribution in [0.25, 0.3) is 5.57 Å². The third-order valence-corrected chi connectivity index (χ3v) is 4.63. The van der Waals surface area contributed by atoms with Crippen molar-refractivity contribution in [2.45, 2.75) is 6.92 Å². The smallest absolute Gasteiger partial charge is 0.0397 e. The van der Waals surface area contributed by atoms with Crippen LogP contribution in [0.2, 0.25) is 0 Å². The minimum absolute atomic E-state index is 0.354. The van der Waals surface area contributed by atoms with Gasteiger partial charge in [-0.25, -0.2) is 0 Å². The van der Waals surface area contributed by atoms with Crippen molar-refractivity contribution in [3.05, 3.63) is 57.7 Å². The average Bonchev–Trinajstić information content (AvgIpc) is 2.57. The van der Waals surface area contributed by atoms with Gasteiger partial charge < -0.3 is 0 Å². The first kappa shape index (κ1) is 8.12. The van der Waals surface area contributed by atoms with Gasteiger partial charge in [0.05, 0.1) is 0 Å². The Morgan fingerprint density at radius 3 is 3.00 bits per heavy atom. The van der Waals surface area contributed by atoms with E-state index in [0.29, 0.717) is 15.0 Å². The van der Waals surface area contributed by atoms with E-state index in [1.165, 1.54) is 5.22 Å².